The van der Waals surface area contributed by atoms with Gasteiger partial charge in [0.2, 0.25) is 23.5 Å². The summed E-state index contributed by atoms with van der Waals surface area (Å²) >= 11 is 5.91. The molecule has 31 heavy (non-hydrogen) atoms. The van der Waals surface area contributed by atoms with Gasteiger partial charge in [-0.05, 0) is 61.2 Å². The topological polar surface area (TPSA) is 102 Å². The van der Waals surface area contributed by atoms with Crippen molar-refractivity contribution in [3.05, 3.63) is 70.6 Å². The predicted molar refractivity (Wildman–Crippen MR) is 116 cm³/mol. The summed E-state index contributed by atoms with van der Waals surface area (Å²) in [6.07, 6.45) is 3.63. The lowest BCUT2D eigenvalue weighted by molar-refractivity contribution is -0.132. The van der Waals surface area contributed by atoms with E-state index in [1.165, 1.54) is 0 Å². The Bertz CT molecular complexity index is 1060. The number of nitrogens with zero attached hydrogens (tertiary/aromatic N) is 3. The summed E-state index contributed by atoms with van der Waals surface area (Å²) in [5.74, 6) is 0.676. The fourth-order valence-corrected chi connectivity index (χ4v) is 3.51. The minimum atomic E-state index is -0.457. The van der Waals surface area contributed by atoms with Crippen molar-refractivity contribution < 1.29 is 14.1 Å². The molecule has 0 aliphatic heterocycles. The van der Waals surface area contributed by atoms with E-state index in [0.29, 0.717) is 54.2 Å². The Kier molecular flexibility index (Phi) is 6.32. The summed E-state index contributed by atoms with van der Waals surface area (Å²) in [6.45, 7) is 0.532. The van der Waals surface area contributed by atoms with Gasteiger partial charge in [-0.2, -0.15) is 4.98 Å². The van der Waals surface area contributed by atoms with Crippen LogP contribution in [-0.4, -0.2) is 32.9 Å². The number of benzene rings is 2. The van der Waals surface area contributed by atoms with Crippen LogP contribution in [0.2, 0.25) is 5.02 Å². The highest BCUT2D eigenvalue weighted by atomic mass is 35.5. The zero-order valence-corrected chi connectivity index (χ0v) is 17.7. The molecule has 0 bridgehead atoms. The number of carbonyl (C=O) groups excluding carboxylic acids is 2. The SMILES string of the molecule is NC(=O)c1ccc(CN(C(=O)CCCc2nc(-c3ccc(Cl)cc3)no2)C2CC2)cc1. The summed E-state index contributed by atoms with van der Waals surface area (Å²) in [5, 5.41) is 4.65. The normalized spacial score (nSPS) is 13.2. The third-order valence-corrected chi connectivity index (χ3v) is 5.50. The summed E-state index contributed by atoms with van der Waals surface area (Å²) < 4.78 is 5.32. The number of halogens is 1. The molecule has 0 unspecified atom stereocenters. The Morgan fingerprint density at radius 2 is 1.81 bits per heavy atom. The molecular formula is C23H23ClN4O3. The highest BCUT2D eigenvalue weighted by molar-refractivity contribution is 6.30. The van der Waals surface area contributed by atoms with E-state index < -0.39 is 5.91 Å². The fraction of sp³-hybridized carbons (Fsp3) is 0.304. The number of carbonyl (C=O) groups is 2. The van der Waals surface area contributed by atoms with Gasteiger partial charge in [0.05, 0.1) is 0 Å². The molecule has 8 heteroatoms. The maximum atomic E-state index is 12.8. The quantitative estimate of drug-likeness (QED) is 0.543. The molecule has 1 aromatic heterocycles. The second-order valence-electron chi connectivity index (χ2n) is 7.69. The van der Waals surface area contributed by atoms with Crippen LogP contribution < -0.4 is 5.73 Å². The monoisotopic (exact) mass is 438 g/mol. The van der Waals surface area contributed by atoms with E-state index in [0.717, 1.165) is 24.0 Å². The van der Waals surface area contributed by atoms with Gasteiger partial charge >= 0.3 is 0 Å². The van der Waals surface area contributed by atoms with Crippen LogP contribution >= 0.6 is 11.6 Å². The highest BCUT2D eigenvalue weighted by Gasteiger charge is 2.32. The molecule has 7 nitrogen and oxygen atoms in total. The summed E-state index contributed by atoms with van der Waals surface area (Å²) in [6, 6.07) is 14.6. The molecule has 0 atom stereocenters. The van der Waals surface area contributed by atoms with Gasteiger partial charge in [-0.25, -0.2) is 0 Å². The first-order chi connectivity index (χ1) is 15.0. The van der Waals surface area contributed by atoms with E-state index in [-0.39, 0.29) is 5.91 Å². The average molecular weight is 439 g/mol. The number of hydrogen-bond donors (Lipinski definition) is 1. The summed E-state index contributed by atoms with van der Waals surface area (Å²) in [4.78, 5) is 30.4. The van der Waals surface area contributed by atoms with Crippen molar-refractivity contribution in [3.63, 3.8) is 0 Å². The van der Waals surface area contributed by atoms with Crippen molar-refractivity contribution in [2.75, 3.05) is 0 Å². The van der Waals surface area contributed by atoms with Crippen molar-refractivity contribution >= 4 is 23.4 Å². The highest BCUT2D eigenvalue weighted by Crippen LogP contribution is 2.29. The van der Waals surface area contributed by atoms with Gasteiger partial charge in [-0.1, -0.05) is 28.9 Å². The number of amides is 2. The first-order valence-electron chi connectivity index (χ1n) is 10.3. The minimum absolute atomic E-state index is 0.110. The van der Waals surface area contributed by atoms with Crippen LogP contribution in [0.4, 0.5) is 0 Å². The van der Waals surface area contributed by atoms with Gasteiger partial charge in [0.15, 0.2) is 0 Å². The molecule has 2 N–H and O–H groups in total. The van der Waals surface area contributed by atoms with Gasteiger partial charge < -0.3 is 15.2 Å². The van der Waals surface area contributed by atoms with E-state index in [4.69, 9.17) is 21.9 Å². The van der Waals surface area contributed by atoms with Crippen LogP contribution in [0.3, 0.4) is 0 Å². The molecule has 1 aliphatic carbocycles. The number of aryl methyl sites for hydroxylation is 1. The van der Waals surface area contributed by atoms with E-state index in [1.807, 2.05) is 29.2 Å². The lowest BCUT2D eigenvalue weighted by atomic mass is 10.1. The van der Waals surface area contributed by atoms with Crippen LogP contribution in [0.1, 0.15) is 47.5 Å². The van der Waals surface area contributed by atoms with Gasteiger partial charge in [-0.15, -0.1) is 0 Å². The van der Waals surface area contributed by atoms with Gasteiger partial charge in [0, 0.05) is 41.6 Å². The molecule has 3 aromatic rings. The zero-order valence-electron chi connectivity index (χ0n) is 17.0. The summed E-state index contributed by atoms with van der Waals surface area (Å²) in [5.41, 5.74) is 7.56. The van der Waals surface area contributed by atoms with E-state index in [1.54, 1.807) is 24.3 Å². The van der Waals surface area contributed by atoms with Crippen molar-refractivity contribution in [2.45, 2.75) is 44.7 Å². The van der Waals surface area contributed by atoms with Crippen LogP contribution in [-0.2, 0) is 17.8 Å². The number of nitrogens with two attached hydrogens (primary N) is 1. The maximum Gasteiger partial charge on any atom is 0.248 e. The molecule has 0 saturated heterocycles. The molecule has 2 aromatic carbocycles. The van der Waals surface area contributed by atoms with Crippen molar-refractivity contribution in [1.29, 1.82) is 0 Å². The molecule has 1 fully saturated rings. The molecule has 1 saturated carbocycles. The third-order valence-electron chi connectivity index (χ3n) is 5.25. The molecular weight excluding hydrogens is 416 g/mol. The maximum absolute atomic E-state index is 12.8. The molecule has 4 rings (SSSR count). The lowest BCUT2D eigenvalue weighted by Gasteiger charge is -2.22. The van der Waals surface area contributed by atoms with Crippen molar-refractivity contribution in [1.82, 2.24) is 15.0 Å². The molecule has 2 amide bonds. The van der Waals surface area contributed by atoms with Gasteiger partial charge in [0.25, 0.3) is 0 Å². The van der Waals surface area contributed by atoms with E-state index >= 15 is 0 Å². The van der Waals surface area contributed by atoms with Gasteiger partial charge in [0.1, 0.15) is 0 Å². The van der Waals surface area contributed by atoms with E-state index in [2.05, 4.69) is 10.1 Å². The minimum Gasteiger partial charge on any atom is -0.366 e. The van der Waals surface area contributed by atoms with Crippen molar-refractivity contribution in [3.8, 4) is 11.4 Å². The smallest absolute Gasteiger partial charge is 0.248 e. The molecule has 160 valence electrons. The predicted octanol–water partition coefficient (Wildman–Crippen LogP) is 4.00. The first-order valence-corrected chi connectivity index (χ1v) is 10.6. The Labute approximate surface area is 185 Å². The molecule has 1 heterocycles. The molecule has 0 radical (unpaired) electrons. The zero-order chi connectivity index (χ0) is 21.8. The Balaban J connectivity index is 1.31. The van der Waals surface area contributed by atoms with Crippen LogP contribution in [0.25, 0.3) is 11.4 Å². The van der Waals surface area contributed by atoms with Crippen molar-refractivity contribution in [2.24, 2.45) is 5.73 Å². The van der Waals surface area contributed by atoms with E-state index in [9.17, 15) is 9.59 Å². The third kappa shape index (κ3) is 5.49. The Morgan fingerprint density at radius 1 is 1.10 bits per heavy atom. The molecule has 0 spiro atoms. The Hall–Kier alpha value is -3.19. The number of aromatic nitrogens is 2. The van der Waals surface area contributed by atoms with Crippen LogP contribution in [0, 0.1) is 0 Å². The summed E-state index contributed by atoms with van der Waals surface area (Å²) in [7, 11) is 0. The number of rotatable bonds is 9. The largest absolute Gasteiger partial charge is 0.366 e. The fourth-order valence-electron chi connectivity index (χ4n) is 3.39. The first kappa shape index (κ1) is 21.1. The van der Waals surface area contributed by atoms with Crippen LogP contribution in [0.5, 0.6) is 0 Å². The Morgan fingerprint density at radius 3 is 2.45 bits per heavy atom. The van der Waals surface area contributed by atoms with Crippen LogP contribution in [0.15, 0.2) is 53.1 Å². The molecule has 1 aliphatic rings. The second-order valence-corrected chi connectivity index (χ2v) is 8.12. The second kappa shape index (κ2) is 9.31. The lowest BCUT2D eigenvalue weighted by Crippen LogP contribution is -2.32. The standard InChI is InChI=1S/C23H23ClN4O3/c24-18-10-8-17(9-11-18)23-26-20(31-27-23)2-1-3-21(29)28(19-12-13-19)14-15-4-6-16(7-5-15)22(25)30/h4-11,19H,1-3,12-14H2,(H2,25,30). The average Bonchev–Trinajstić information content (AvgIpc) is 3.50. The van der Waals surface area contributed by atoms with Gasteiger partial charge in [-0.3, -0.25) is 9.59 Å². The number of primary amides is 1. The number of hydrogen-bond acceptors (Lipinski definition) is 5.